The molecule has 1 aromatic rings. The summed E-state index contributed by atoms with van der Waals surface area (Å²) in [4.78, 5) is 23.7. The smallest absolute Gasteiger partial charge is 0.251 e. The maximum atomic E-state index is 11.9. The van der Waals surface area contributed by atoms with Crippen molar-refractivity contribution in [2.45, 2.75) is 44.7 Å². The van der Waals surface area contributed by atoms with Crippen molar-refractivity contribution in [1.82, 2.24) is 16.0 Å². The molecule has 0 aliphatic carbocycles. The molecule has 128 valence electrons. The summed E-state index contributed by atoms with van der Waals surface area (Å²) in [5.74, 6) is -0.0127. The van der Waals surface area contributed by atoms with E-state index in [9.17, 15) is 9.59 Å². The summed E-state index contributed by atoms with van der Waals surface area (Å²) in [7, 11) is 0. The normalized spacial score (nSPS) is 20.2. The molecule has 2 amide bonds. The van der Waals surface area contributed by atoms with E-state index in [2.05, 4.69) is 22.9 Å². The second-order valence-corrected chi connectivity index (χ2v) is 5.87. The lowest BCUT2D eigenvalue weighted by Crippen LogP contribution is -2.46. The first-order valence-corrected chi connectivity index (χ1v) is 8.01. The Bertz CT molecular complexity index is 496. The fourth-order valence-electron chi connectivity index (χ4n) is 2.71. The average molecular weight is 340 g/mol. The lowest BCUT2D eigenvalue weighted by atomic mass is 10.0. The zero-order valence-corrected chi connectivity index (χ0v) is 14.3. The van der Waals surface area contributed by atoms with Gasteiger partial charge in [0.05, 0.1) is 0 Å². The zero-order chi connectivity index (χ0) is 15.8. The van der Waals surface area contributed by atoms with Crippen molar-refractivity contribution in [2.75, 3.05) is 13.1 Å². The molecule has 0 aromatic heterocycles. The van der Waals surface area contributed by atoms with Gasteiger partial charge in [-0.2, -0.15) is 0 Å². The molecule has 23 heavy (non-hydrogen) atoms. The number of hydrogen-bond donors (Lipinski definition) is 3. The summed E-state index contributed by atoms with van der Waals surface area (Å²) >= 11 is 0. The van der Waals surface area contributed by atoms with E-state index >= 15 is 0 Å². The van der Waals surface area contributed by atoms with Crippen molar-refractivity contribution in [3.8, 4) is 0 Å². The van der Waals surface area contributed by atoms with E-state index in [-0.39, 0.29) is 30.3 Å². The topological polar surface area (TPSA) is 70.2 Å². The standard InChI is InChI=1S/C17H25N3O2.ClH/c1-13-12-15(9-11-18-13)20-16(21)8-5-10-19-17(22)14-6-3-2-4-7-14;/h2-4,6-7,13,15,18H,5,8-12H2,1H3,(H,19,22)(H,20,21);1H. The number of amides is 2. The second kappa shape index (κ2) is 10.2. The van der Waals surface area contributed by atoms with Gasteiger partial charge in [0.25, 0.3) is 5.91 Å². The van der Waals surface area contributed by atoms with Crippen LogP contribution in [0.3, 0.4) is 0 Å². The first-order valence-electron chi connectivity index (χ1n) is 8.01. The van der Waals surface area contributed by atoms with Gasteiger partial charge >= 0.3 is 0 Å². The highest BCUT2D eigenvalue weighted by atomic mass is 35.5. The maximum absolute atomic E-state index is 11.9. The lowest BCUT2D eigenvalue weighted by Gasteiger charge is -2.28. The third-order valence-corrected chi connectivity index (χ3v) is 3.89. The highest BCUT2D eigenvalue weighted by Crippen LogP contribution is 2.08. The van der Waals surface area contributed by atoms with Crippen LogP contribution in [0.15, 0.2) is 30.3 Å². The van der Waals surface area contributed by atoms with Gasteiger partial charge in [-0.05, 0) is 44.9 Å². The van der Waals surface area contributed by atoms with Crippen LogP contribution in [0.1, 0.15) is 43.0 Å². The molecule has 1 fully saturated rings. The van der Waals surface area contributed by atoms with Gasteiger partial charge in [0, 0.05) is 30.6 Å². The summed E-state index contributed by atoms with van der Waals surface area (Å²) in [5.41, 5.74) is 0.649. The fourth-order valence-corrected chi connectivity index (χ4v) is 2.71. The van der Waals surface area contributed by atoms with Crippen LogP contribution in [-0.2, 0) is 4.79 Å². The van der Waals surface area contributed by atoms with E-state index in [1.54, 1.807) is 12.1 Å². The number of benzene rings is 1. The molecular formula is C17H26ClN3O2. The molecule has 6 heteroatoms. The number of piperidine rings is 1. The van der Waals surface area contributed by atoms with Gasteiger partial charge in [-0.25, -0.2) is 0 Å². The predicted molar refractivity (Wildman–Crippen MR) is 93.9 cm³/mol. The Labute approximate surface area is 144 Å². The van der Waals surface area contributed by atoms with E-state index in [0.29, 0.717) is 31.0 Å². The van der Waals surface area contributed by atoms with E-state index in [0.717, 1.165) is 19.4 Å². The van der Waals surface area contributed by atoms with Crippen LogP contribution in [0.5, 0.6) is 0 Å². The number of nitrogens with one attached hydrogen (secondary N) is 3. The first-order chi connectivity index (χ1) is 10.6. The number of halogens is 1. The van der Waals surface area contributed by atoms with Crippen molar-refractivity contribution >= 4 is 24.2 Å². The lowest BCUT2D eigenvalue weighted by molar-refractivity contribution is -0.122. The Kier molecular flexibility index (Phi) is 8.66. The molecule has 0 saturated carbocycles. The molecule has 2 unspecified atom stereocenters. The van der Waals surface area contributed by atoms with E-state index in [4.69, 9.17) is 0 Å². The predicted octanol–water partition coefficient (Wildman–Crippen LogP) is 1.88. The Morgan fingerprint density at radius 1 is 1.26 bits per heavy atom. The average Bonchev–Trinajstić information content (AvgIpc) is 2.52. The van der Waals surface area contributed by atoms with Crippen molar-refractivity contribution in [3.05, 3.63) is 35.9 Å². The van der Waals surface area contributed by atoms with Crippen LogP contribution in [0, 0.1) is 0 Å². The molecule has 5 nitrogen and oxygen atoms in total. The number of carbonyl (C=O) groups is 2. The van der Waals surface area contributed by atoms with Crippen molar-refractivity contribution in [3.63, 3.8) is 0 Å². The summed E-state index contributed by atoms with van der Waals surface area (Å²) in [6, 6.07) is 9.85. The Morgan fingerprint density at radius 2 is 2.00 bits per heavy atom. The molecule has 3 N–H and O–H groups in total. The minimum atomic E-state index is -0.0896. The summed E-state index contributed by atoms with van der Waals surface area (Å²) in [6.07, 6.45) is 3.08. The van der Waals surface area contributed by atoms with Crippen LogP contribution in [0.2, 0.25) is 0 Å². The van der Waals surface area contributed by atoms with Crippen LogP contribution in [0.4, 0.5) is 0 Å². The quantitative estimate of drug-likeness (QED) is 0.693. The summed E-state index contributed by atoms with van der Waals surface area (Å²) in [5, 5.41) is 9.28. The molecule has 2 atom stereocenters. The van der Waals surface area contributed by atoms with Crippen LogP contribution < -0.4 is 16.0 Å². The fraction of sp³-hybridized carbons (Fsp3) is 0.529. The highest BCUT2D eigenvalue weighted by molar-refractivity contribution is 5.94. The van der Waals surface area contributed by atoms with Gasteiger partial charge < -0.3 is 16.0 Å². The number of carbonyl (C=O) groups excluding carboxylic acids is 2. The van der Waals surface area contributed by atoms with Gasteiger partial charge in [0.2, 0.25) is 5.91 Å². The summed E-state index contributed by atoms with van der Waals surface area (Å²) < 4.78 is 0. The van der Waals surface area contributed by atoms with E-state index < -0.39 is 0 Å². The van der Waals surface area contributed by atoms with Crippen molar-refractivity contribution in [1.29, 1.82) is 0 Å². The maximum Gasteiger partial charge on any atom is 0.251 e. The minimum absolute atomic E-state index is 0. The Balaban J connectivity index is 0.00000264. The van der Waals surface area contributed by atoms with Gasteiger partial charge in [0.1, 0.15) is 0 Å². The molecule has 1 saturated heterocycles. The van der Waals surface area contributed by atoms with Crippen LogP contribution >= 0.6 is 12.4 Å². The van der Waals surface area contributed by atoms with E-state index in [1.165, 1.54) is 0 Å². The minimum Gasteiger partial charge on any atom is -0.353 e. The monoisotopic (exact) mass is 339 g/mol. The number of rotatable bonds is 6. The largest absolute Gasteiger partial charge is 0.353 e. The molecular weight excluding hydrogens is 314 g/mol. The zero-order valence-electron chi connectivity index (χ0n) is 13.5. The van der Waals surface area contributed by atoms with Crippen LogP contribution in [-0.4, -0.2) is 37.0 Å². The molecule has 1 aliphatic rings. The first kappa shape index (κ1) is 19.5. The van der Waals surface area contributed by atoms with Crippen molar-refractivity contribution in [2.24, 2.45) is 0 Å². The second-order valence-electron chi connectivity index (χ2n) is 5.87. The van der Waals surface area contributed by atoms with Crippen LogP contribution in [0.25, 0.3) is 0 Å². The molecule has 1 heterocycles. The van der Waals surface area contributed by atoms with E-state index in [1.807, 2.05) is 18.2 Å². The molecule has 0 bridgehead atoms. The molecule has 0 radical (unpaired) electrons. The SMILES string of the molecule is CC1CC(NC(=O)CCCNC(=O)c2ccccc2)CCN1.Cl. The molecule has 0 spiro atoms. The van der Waals surface area contributed by atoms with Gasteiger partial charge in [-0.15, -0.1) is 12.4 Å². The van der Waals surface area contributed by atoms with Crippen molar-refractivity contribution < 1.29 is 9.59 Å². The third-order valence-electron chi connectivity index (χ3n) is 3.89. The molecule has 1 aliphatic heterocycles. The Hall–Kier alpha value is -1.59. The van der Waals surface area contributed by atoms with Gasteiger partial charge in [-0.3, -0.25) is 9.59 Å². The Morgan fingerprint density at radius 3 is 2.70 bits per heavy atom. The van der Waals surface area contributed by atoms with Gasteiger partial charge in [0.15, 0.2) is 0 Å². The molecule has 1 aromatic carbocycles. The third kappa shape index (κ3) is 7.01. The number of hydrogen-bond acceptors (Lipinski definition) is 3. The highest BCUT2D eigenvalue weighted by Gasteiger charge is 2.19. The van der Waals surface area contributed by atoms with Gasteiger partial charge in [-0.1, -0.05) is 18.2 Å². The summed E-state index contributed by atoms with van der Waals surface area (Å²) in [6.45, 7) is 3.61. The molecule has 2 rings (SSSR count).